The lowest BCUT2D eigenvalue weighted by molar-refractivity contribution is 0.536. The summed E-state index contributed by atoms with van der Waals surface area (Å²) in [6.45, 7) is 6.76. The number of hydrogen-bond acceptors (Lipinski definition) is 3. The van der Waals surface area contributed by atoms with Crippen LogP contribution < -0.4 is 5.73 Å². The van der Waals surface area contributed by atoms with Gasteiger partial charge in [0.15, 0.2) is 0 Å². The van der Waals surface area contributed by atoms with Gasteiger partial charge in [-0.3, -0.25) is 0 Å². The van der Waals surface area contributed by atoms with E-state index in [2.05, 4.69) is 18.8 Å². The van der Waals surface area contributed by atoms with Crippen LogP contribution in [0.15, 0.2) is 24.3 Å². The van der Waals surface area contributed by atoms with Gasteiger partial charge in [0.05, 0.1) is 5.69 Å². The minimum absolute atomic E-state index is 0.117. The molecule has 1 aromatic heterocycles. The Morgan fingerprint density at radius 2 is 1.89 bits per heavy atom. The molecule has 0 unspecified atom stereocenters. The Morgan fingerprint density at radius 3 is 2.44 bits per heavy atom. The Balaban J connectivity index is 2.44. The first-order valence-electron chi connectivity index (χ1n) is 5.88. The first-order valence-corrected chi connectivity index (χ1v) is 6.69. The van der Waals surface area contributed by atoms with Gasteiger partial charge in [-0.2, -0.15) is 0 Å². The Labute approximate surface area is 111 Å². The molecule has 0 saturated carbocycles. The van der Waals surface area contributed by atoms with Crippen LogP contribution in [0.5, 0.6) is 0 Å². The van der Waals surface area contributed by atoms with Gasteiger partial charge in [-0.1, -0.05) is 13.8 Å². The lowest BCUT2D eigenvalue weighted by atomic mass is 9.95. The van der Waals surface area contributed by atoms with E-state index in [1.165, 1.54) is 12.1 Å². The maximum absolute atomic E-state index is 12.9. The average molecular weight is 264 g/mol. The van der Waals surface area contributed by atoms with Gasteiger partial charge in [0, 0.05) is 22.4 Å². The molecule has 0 spiro atoms. The Hall–Kier alpha value is -1.26. The van der Waals surface area contributed by atoms with E-state index >= 15 is 0 Å². The van der Waals surface area contributed by atoms with E-state index in [0.29, 0.717) is 6.54 Å². The fourth-order valence-electron chi connectivity index (χ4n) is 1.65. The predicted molar refractivity (Wildman–Crippen MR) is 74.3 cm³/mol. The molecule has 0 atom stereocenters. The number of aromatic nitrogens is 1. The van der Waals surface area contributed by atoms with Gasteiger partial charge >= 0.3 is 0 Å². The second-order valence-corrected chi connectivity index (χ2v) is 6.22. The van der Waals surface area contributed by atoms with E-state index in [4.69, 9.17) is 5.73 Å². The molecule has 2 nitrogen and oxygen atoms in total. The van der Waals surface area contributed by atoms with Crippen molar-refractivity contribution in [2.45, 2.75) is 26.2 Å². The van der Waals surface area contributed by atoms with Crippen LogP contribution in [-0.2, 0) is 5.41 Å². The highest BCUT2D eigenvalue weighted by atomic mass is 32.1. The van der Waals surface area contributed by atoms with Crippen LogP contribution in [0.4, 0.5) is 4.39 Å². The number of nitrogens with zero attached hydrogens (tertiary/aromatic N) is 1. The molecule has 1 heterocycles. The third-order valence-corrected chi connectivity index (χ3v) is 4.34. The monoisotopic (exact) mass is 264 g/mol. The van der Waals surface area contributed by atoms with Crippen LogP contribution in [-0.4, -0.2) is 11.5 Å². The number of nitrogens with two attached hydrogens (primary N) is 1. The number of halogens is 1. The largest absolute Gasteiger partial charge is 0.330 e. The van der Waals surface area contributed by atoms with Crippen LogP contribution in [0.1, 0.15) is 23.7 Å². The van der Waals surface area contributed by atoms with Gasteiger partial charge in [-0.05, 0) is 31.2 Å². The highest BCUT2D eigenvalue weighted by Gasteiger charge is 2.24. The average Bonchev–Trinajstić information content (AvgIpc) is 2.73. The molecule has 18 heavy (non-hydrogen) atoms. The van der Waals surface area contributed by atoms with Crippen molar-refractivity contribution >= 4 is 11.3 Å². The molecule has 96 valence electrons. The zero-order chi connectivity index (χ0) is 13.3. The zero-order valence-electron chi connectivity index (χ0n) is 10.8. The van der Waals surface area contributed by atoms with Crippen molar-refractivity contribution in [3.05, 3.63) is 40.0 Å². The van der Waals surface area contributed by atoms with Crippen molar-refractivity contribution in [3.8, 4) is 11.3 Å². The summed E-state index contributed by atoms with van der Waals surface area (Å²) < 4.78 is 12.9. The number of thiazole rings is 1. The quantitative estimate of drug-likeness (QED) is 0.921. The summed E-state index contributed by atoms with van der Waals surface area (Å²) >= 11 is 1.66. The third-order valence-electron chi connectivity index (χ3n) is 3.00. The normalized spacial score (nSPS) is 11.8. The van der Waals surface area contributed by atoms with E-state index < -0.39 is 0 Å². The minimum atomic E-state index is -0.228. The fourth-order valence-corrected chi connectivity index (χ4v) is 2.70. The molecule has 0 aliphatic rings. The summed E-state index contributed by atoms with van der Waals surface area (Å²) in [7, 11) is 0. The summed E-state index contributed by atoms with van der Waals surface area (Å²) in [5.41, 5.74) is 7.53. The summed E-state index contributed by atoms with van der Waals surface area (Å²) in [5, 5.41) is 1.03. The number of hydrogen-bond donors (Lipinski definition) is 1. The molecule has 0 saturated heterocycles. The Kier molecular flexibility index (Phi) is 3.50. The van der Waals surface area contributed by atoms with Gasteiger partial charge in [0.25, 0.3) is 0 Å². The predicted octanol–water partition coefficient (Wildman–Crippen LogP) is 3.49. The molecule has 0 amide bonds. The van der Waals surface area contributed by atoms with Crippen molar-refractivity contribution in [3.63, 3.8) is 0 Å². The van der Waals surface area contributed by atoms with Crippen molar-refractivity contribution in [1.29, 1.82) is 0 Å². The lowest BCUT2D eigenvalue weighted by Gasteiger charge is -2.18. The van der Waals surface area contributed by atoms with E-state index in [9.17, 15) is 4.39 Å². The summed E-state index contributed by atoms with van der Waals surface area (Å²) in [4.78, 5) is 5.81. The highest BCUT2D eigenvalue weighted by Crippen LogP contribution is 2.33. The van der Waals surface area contributed by atoms with E-state index in [0.717, 1.165) is 21.1 Å². The maximum Gasteiger partial charge on any atom is 0.123 e. The SMILES string of the molecule is Cc1sc(C(C)(C)CN)nc1-c1ccc(F)cc1. The lowest BCUT2D eigenvalue weighted by Crippen LogP contribution is -2.27. The standard InChI is InChI=1S/C14H17FN2S/c1-9-12(10-4-6-11(15)7-5-10)17-13(18-9)14(2,3)8-16/h4-7H,8,16H2,1-3H3. The van der Waals surface area contributed by atoms with Crippen LogP contribution in [0.3, 0.4) is 0 Å². The molecular formula is C14H17FN2S. The Morgan fingerprint density at radius 1 is 1.28 bits per heavy atom. The highest BCUT2D eigenvalue weighted by molar-refractivity contribution is 7.12. The first kappa shape index (κ1) is 13.2. The molecule has 4 heteroatoms. The number of benzene rings is 1. The van der Waals surface area contributed by atoms with Crippen LogP contribution in [0, 0.1) is 12.7 Å². The molecule has 2 rings (SSSR count). The van der Waals surface area contributed by atoms with E-state index in [1.807, 2.05) is 6.92 Å². The minimum Gasteiger partial charge on any atom is -0.330 e. The van der Waals surface area contributed by atoms with E-state index in [1.54, 1.807) is 23.5 Å². The second-order valence-electron chi connectivity index (χ2n) is 5.02. The molecular weight excluding hydrogens is 247 g/mol. The zero-order valence-corrected chi connectivity index (χ0v) is 11.6. The van der Waals surface area contributed by atoms with Gasteiger partial charge in [-0.25, -0.2) is 9.37 Å². The van der Waals surface area contributed by atoms with Crippen LogP contribution >= 0.6 is 11.3 Å². The van der Waals surface area contributed by atoms with Crippen molar-refractivity contribution in [1.82, 2.24) is 4.98 Å². The number of rotatable bonds is 3. The molecule has 2 aromatic rings. The van der Waals surface area contributed by atoms with Gasteiger partial charge < -0.3 is 5.73 Å². The van der Waals surface area contributed by atoms with Crippen molar-refractivity contribution < 1.29 is 4.39 Å². The van der Waals surface area contributed by atoms with Crippen LogP contribution in [0.25, 0.3) is 11.3 Å². The second kappa shape index (κ2) is 4.78. The fraction of sp³-hybridized carbons (Fsp3) is 0.357. The molecule has 0 radical (unpaired) electrons. The van der Waals surface area contributed by atoms with E-state index in [-0.39, 0.29) is 11.2 Å². The number of aryl methyl sites for hydroxylation is 1. The molecule has 2 N–H and O–H groups in total. The summed E-state index contributed by atoms with van der Waals surface area (Å²) in [6, 6.07) is 6.44. The topological polar surface area (TPSA) is 38.9 Å². The van der Waals surface area contributed by atoms with Crippen molar-refractivity contribution in [2.75, 3.05) is 6.54 Å². The maximum atomic E-state index is 12.9. The Bertz CT molecular complexity index is 543. The van der Waals surface area contributed by atoms with Crippen LogP contribution in [0.2, 0.25) is 0 Å². The van der Waals surface area contributed by atoms with Gasteiger partial charge in [-0.15, -0.1) is 11.3 Å². The van der Waals surface area contributed by atoms with Gasteiger partial charge in [0.1, 0.15) is 10.8 Å². The molecule has 0 aliphatic carbocycles. The smallest absolute Gasteiger partial charge is 0.123 e. The molecule has 0 aliphatic heterocycles. The summed E-state index contributed by atoms with van der Waals surface area (Å²) in [6.07, 6.45) is 0. The molecule has 0 bridgehead atoms. The van der Waals surface area contributed by atoms with Gasteiger partial charge in [0.2, 0.25) is 0 Å². The molecule has 1 aromatic carbocycles. The first-order chi connectivity index (χ1) is 8.44. The molecule has 0 fully saturated rings. The summed E-state index contributed by atoms with van der Waals surface area (Å²) in [5.74, 6) is -0.228. The van der Waals surface area contributed by atoms with Crippen molar-refractivity contribution in [2.24, 2.45) is 5.73 Å². The third kappa shape index (κ3) is 2.44.